The molecule has 0 spiro atoms. The number of amides is 2. The first kappa shape index (κ1) is 22.5. The van der Waals surface area contributed by atoms with Crippen molar-refractivity contribution in [3.8, 4) is 0 Å². The molecule has 1 aromatic heterocycles. The fourth-order valence-electron chi connectivity index (χ4n) is 3.43. The summed E-state index contributed by atoms with van der Waals surface area (Å²) in [5.41, 5.74) is 3.60. The van der Waals surface area contributed by atoms with Gasteiger partial charge in [-0.15, -0.1) is 0 Å². The maximum atomic E-state index is 13.3. The van der Waals surface area contributed by atoms with Crippen LogP contribution >= 0.6 is 11.3 Å². The van der Waals surface area contributed by atoms with Crippen LogP contribution in [0, 0.1) is 6.92 Å². The molecule has 4 rings (SSSR count). The molecule has 1 heterocycles. The summed E-state index contributed by atoms with van der Waals surface area (Å²) in [6.45, 7) is 2.54. The molecule has 0 aliphatic carbocycles. The zero-order chi connectivity index (χ0) is 23.0. The van der Waals surface area contributed by atoms with Gasteiger partial charge < -0.3 is 10.1 Å². The Morgan fingerprint density at radius 1 is 0.970 bits per heavy atom. The minimum atomic E-state index is -0.492. The van der Waals surface area contributed by atoms with Crippen LogP contribution in [0.4, 0.5) is 15.6 Å². The lowest BCUT2D eigenvalue weighted by atomic mass is 10.1. The summed E-state index contributed by atoms with van der Waals surface area (Å²) in [5, 5.41) is 3.36. The Hall–Kier alpha value is -3.71. The average molecular weight is 460 g/mol. The third-order valence-corrected chi connectivity index (χ3v) is 6.15. The summed E-state index contributed by atoms with van der Waals surface area (Å²) in [6.07, 6.45) is 0.267. The molecule has 0 saturated carbocycles. The number of rotatable bonds is 8. The number of nitrogens with zero attached hydrogens (tertiary/aromatic N) is 2. The summed E-state index contributed by atoms with van der Waals surface area (Å²) in [7, 11) is 0. The van der Waals surface area contributed by atoms with E-state index in [1.165, 1.54) is 11.3 Å². The molecule has 0 radical (unpaired) electrons. The van der Waals surface area contributed by atoms with Gasteiger partial charge in [-0.2, -0.15) is 0 Å². The summed E-state index contributed by atoms with van der Waals surface area (Å²) < 4.78 is 6.25. The van der Waals surface area contributed by atoms with Crippen molar-refractivity contribution < 1.29 is 14.3 Å². The molecule has 2 amide bonds. The molecule has 7 heteroatoms. The highest BCUT2D eigenvalue weighted by atomic mass is 32.1. The Morgan fingerprint density at radius 2 is 1.70 bits per heavy atom. The first-order valence-electron chi connectivity index (χ1n) is 10.8. The van der Waals surface area contributed by atoms with E-state index in [2.05, 4.69) is 5.32 Å². The van der Waals surface area contributed by atoms with Crippen LogP contribution in [0.25, 0.3) is 10.2 Å². The van der Waals surface area contributed by atoms with Crippen LogP contribution in [0.1, 0.15) is 24.0 Å². The van der Waals surface area contributed by atoms with Gasteiger partial charge in [0.05, 0.1) is 15.9 Å². The number of nitrogens with one attached hydrogen (secondary N) is 1. The van der Waals surface area contributed by atoms with Gasteiger partial charge in [0.2, 0.25) is 5.91 Å². The average Bonchev–Trinajstić information content (AvgIpc) is 3.26. The Bertz CT molecular complexity index is 1210. The fourth-order valence-corrected chi connectivity index (χ4v) is 4.43. The Kier molecular flexibility index (Phi) is 7.32. The fraction of sp³-hybridized carbons (Fsp3) is 0.192. The molecule has 0 aliphatic heterocycles. The number of carbonyl (C=O) groups is 2. The number of benzene rings is 3. The molecular weight excluding hydrogens is 434 g/mol. The van der Waals surface area contributed by atoms with E-state index in [0.29, 0.717) is 18.1 Å². The van der Waals surface area contributed by atoms with Gasteiger partial charge in [-0.05, 0) is 42.7 Å². The van der Waals surface area contributed by atoms with Crippen molar-refractivity contribution in [1.82, 2.24) is 10.3 Å². The van der Waals surface area contributed by atoms with Crippen LogP contribution in [0.5, 0.6) is 0 Å². The standard InChI is InChI=1S/C26H25N3O3S/c1-19-10-5-7-14-22(19)29(25-28-21-13-6-8-15-23(21)33-25)24(30)16-9-17-27-26(31)32-18-20-11-3-2-4-12-20/h2-8,10-15H,9,16-18H2,1H3,(H,27,31). The number of hydrogen-bond donors (Lipinski definition) is 1. The lowest BCUT2D eigenvalue weighted by Gasteiger charge is -2.22. The minimum Gasteiger partial charge on any atom is -0.445 e. The second-order valence-corrected chi connectivity index (χ2v) is 8.58. The SMILES string of the molecule is Cc1ccccc1N(C(=O)CCCNC(=O)OCc1ccccc1)c1nc2ccccc2s1. The summed E-state index contributed by atoms with van der Waals surface area (Å²) in [6, 6.07) is 25.1. The van der Waals surface area contributed by atoms with Crippen molar-refractivity contribution in [2.45, 2.75) is 26.4 Å². The van der Waals surface area contributed by atoms with Crippen LogP contribution in [0.15, 0.2) is 78.9 Å². The Balaban J connectivity index is 1.38. The summed E-state index contributed by atoms with van der Waals surface area (Å²) in [4.78, 5) is 31.6. The zero-order valence-electron chi connectivity index (χ0n) is 18.4. The normalized spacial score (nSPS) is 10.7. The van der Waals surface area contributed by atoms with E-state index < -0.39 is 6.09 Å². The molecule has 6 nitrogen and oxygen atoms in total. The van der Waals surface area contributed by atoms with Crippen molar-refractivity contribution in [3.63, 3.8) is 0 Å². The summed E-state index contributed by atoms with van der Waals surface area (Å²) in [5.74, 6) is -0.0668. The van der Waals surface area contributed by atoms with Crippen molar-refractivity contribution in [1.29, 1.82) is 0 Å². The van der Waals surface area contributed by atoms with Crippen LogP contribution in [-0.4, -0.2) is 23.5 Å². The number of hydrogen-bond acceptors (Lipinski definition) is 5. The quantitative estimate of drug-likeness (QED) is 0.329. The van der Waals surface area contributed by atoms with Crippen LogP contribution < -0.4 is 10.2 Å². The lowest BCUT2D eigenvalue weighted by molar-refractivity contribution is -0.118. The monoisotopic (exact) mass is 459 g/mol. The number of para-hydroxylation sites is 2. The molecule has 4 aromatic rings. The van der Waals surface area contributed by atoms with E-state index in [0.717, 1.165) is 27.0 Å². The van der Waals surface area contributed by atoms with Gasteiger partial charge in [0.25, 0.3) is 0 Å². The van der Waals surface area contributed by atoms with Gasteiger partial charge >= 0.3 is 6.09 Å². The maximum Gasteiger partial charge on any atom is 0.407 e. The van der Waals surface area contributed by atoms with Crippen molar-refractivity contribution in [2.75, 3.05) is 11.4 Å². The highest BCUT2D eigenvalue weighted by molar-refractivity contribution is 7.22. The van der Waals surface area contributed by atoms with Crippen LogP contribution in [0.3, 0.4) is 0 Å². The Labute approximate surface area is 196 Å². The second kappa shape index (κ2) is 10.7. The van der Waals surface area contributed by atoms with Gasteiger partial charge in [0.1, 0.15) is 6.61 Å². The molecule has 0 fully saturated rings. The number of anilines is 2. The van der Waals surface area contributed by atoms with E-state index in [1.807, 2.05) is 85.8 Å². The number of ether oxygens (including phenoxy) is 1. The number of carbonyl (C=O) groups excluding carboxylic acids is 2. The highest BCUT2D eigenvalue weighted by Gasteiger charge is 2.22. The number of alkyl carbamates (subject to hydrolysis) is 1. The molecular formula is C26H25N3O3S. The van der Waals surface area contributed by atoms with Crippen molar-refractivity contribution in [2.24, 2.45) is 0 Å². The molecule has 3 aromatic carbocycles. The third-order valence-electron chi connectivity index (χ3n) is 5.13. The summed E-state index contributed by atoms with van der Waals surface area (Å²) >= 11 is 1.49. The number of aromatic nitrogens is 1. The van der Waals surface area contributed by atoms with E-state index in [4.69, 9.17) is 9.72 Å². The smallest absolute Gasteiger partial charge is 0.407 e. The minimum absolute atomic E-state index is 0.0668. The molecule has 0 saturated heterocycles. The maximum absolute atomic E-state index is 13.3. The first-order chi connectivity index (χ1) is 16.1. The van der Waals surface area contributed by atoms with E-state index >= 15 is 0 Å². The van der Waals surface area contributed by atoms with E-state index in [9.17, 15) is 9.59 Å². The van der Waals surface area contributed by atoms with Gasteiger partial charge in [0.15, 0.2) is 5.13 Å². The van der Waals surface area contributed by atoms with Gasteiger partial charge in [-0.3, -0.25) is 9.69 Å². The lowest BCUT2D eigenvalue weighted by Crippen LogP contribution is -2.29. The third kappa shape index (κ3) is 5.75. The highest BCUT2D eigenvalue weighted by Crippen LogP contribution is 2.35. The first-order valence-corrected chi connectivity index (χ1v) is 11.6. The second-order valence-electron chi connectivity index (χ2n) is 7.57. The Morgan fingerprint density at radius 3 is 2.48 bits per heavy atom. The molecule has 33 heavy (non-hydrogen) atoms. The zero-order valence-corrected chi connectivity index (χ0v) is 19.2. The number of aryl methyl sites for hydroxylation is 1. The molecule has 0 bridgehead atoms. The number of thiazole rings is 1. The predicted octanol–water partition coefficient (Wildman–Crippen LogP) is 5.98. The van der Waals surface area contributed by atoms with E-state index in [-0.39, 0.29) is 18.9 Å². The van der Waals surface area contributed by atoms with Gasteiger partial charge in [-0.25, -0.2) is 9.78 Å². The predicted molar refractivity (Wildman–Crippen MR) is 132 cm³/mol. The molecule has 1 N–H and O–H groups in total. The van der Waals surface area contributed by atoms with E-state index in [1.54, 1.807) is 4.90 Å². The van der Waals surface area contributed by atoms with Gasteiger partial charge in [-0.1, -0.05) is 72.0 Å². The molecule has 168 valence electrons. The van der Waals surface area contributed by atoms with Crippen LogP contribution in [0.2, 0.25) is 0 Å². The van der Waals surface area contributed by atoms with Crippen molar-refractivity contribution in [3.05, 3.63) is 90.0 Å². The van der Waals surface area contributed by atoms with Crippen molar-refractivity contribution >= 4 is 44.4 Å². The molecule has 0 atom stereocenters. The molecule has 0 aliphatic rings. The topological polar surface area (TPSA) is 71.5 Å². The largest absolute Gasteiger partial charge is 0.445 e. The van der Waals surface area contributed by atoms with Crippen LogP contribution in [-0.2, 0) is 16.1 Å². The number of fused-ring (bicyclic) bond motifs is 1. The van der Waals surface area contributed by atoms with Gasteiger partial charge in [0, 0.05) is 13.0 Å². The molecule has 0 unspecified atom stereocenters.